The summed E-state index contributed by atoms with van der Waals surface area (Å²) >= 11 is 0. The van der Waals surface area contributed by atoms with Crippen LogP contribution in [-0.4, -0.2) is 22.0 Å². The van der Waals surface area contributed by atoms with Crippen LogP contribution in [-0.2, 0) is 11.3 Å². The average molecular weight is 388 g/mol. The fraction of sp³-hybridized carbons (Fsp3) is 0.348. The summed E-state index contributed by atoms with van der Waals surface area (Å²) in [6.45, 7) is 0.390. The number of para-hydroxylation sites is 1. The van der Waals surface area contributed by atoms with Crippen LogP contribution in [0.5, 0.6) is 0 Å². The Hall–Kier alpha value is -3.15. The summed E-state index contributed by atoms with van der Waals surface area (Å²) in [5.74, 6) is 1.46. The predicted molar refractivity (Wildman–Crippen MR) is 111 cm³/mol. The maximum atomic E-state index is 12.7. The minimum Gasteiger partial charge on any atom is -0.348 e. The van der Waals surface area contributed by atoms with Gasteiger partial charge in [-0.3, -0.25) is 14.7 Å². The summed E-state index contributed by atoms with van der Waals surface area (Å²) < 4.78 is 0. The lowest BCUT2D eigenvalue weighted by atomic mass is 9.88. The fourth-order valence-corrected chi connectivity index (χ4v) is 5.00. The van der Waals surface area contributed by atoms with Gasteiger partial charge >= 0.3 is 0 Å². The van der Waals surface area contributed by atoms with E-state index in [1.807, 2.05) is 36.4 Å². The van der Waals surface area contributed by atoms with E-state index < -0.39 is 0 Å². The van der Waals surface area contributed by atoms with Gasteiger partial charge in [-0.15, -0.1) is 0 Å². The van der Waals surface area contributed by atoms with Gasteiger partial charge in [0.05, 0.1) is 17.3 Å². The zero-order valence-corrected chi connectivity index (χ0v) is 16.2. The first-order valence-electron chi connectivity index (χ1n) is 10.3. The Morgan fingerprint density at radius 3 is 2.83 bits per heavy atom. The van der Waals surface area contributed by atoms with Crippen LogP contribution in [0.25, 0.3) is 10.9 Å². The summed E-state index contributed by atoms with van der Waals surface area (Å²) in [5.41, 5.74) is 3.04. The van der Waals surface area contributed by atoms with Gasteiger partial charge in [-0.1, -0.05) is 30.7 Å². The molecule has 3 unspecified atom stereocenters. The van der Waals surface area contributed by atoms with Crippen LogP contribution in [0.1, 0.15) is 41.6 Å². The Morgan fingerprint density at radius 2 is 2.00 bits per heavy atom. The molecule has 1 heterocycles. The number of amides is 2. The van der Waals surface area contributed by atoms with E-state index in [4.69, 9.17) is 0 Å². The topological polar surface area (TPSA) is 86.9 Å². The van der Waals surface area contributed by atoms with Gasteiger partial charge in [-0.05, 0) is 54.9 Å². The first-order chi connectivity index (χ1) is 14.2. The third-order valence-electron chi connectivity index (χ3n) is 6.44. The van der Waals surface area contributed by atoms with Crippen molar-refractivity contribution in [2.24, 2.45) is 17.8 Å². The Bertz CT molecular complexity index is 1070. The number of nitrogens with one attached hydrogen (secondary N) is 3. The third-order valence-corrected chi connectivity index (χ3v) is 6.44. The number of hydrogen-bond acceptors (Lipinski definition) is 3. The number of fused-ring (bicyclic) bond motifs is 3. The molecular weight excluding hydrogens is 364 g/mol. The van der Waals surface area contributed by atoms with Crippen molar-refractivity contribution in [2.45, 2.75) is 32.2 Å². The lowest BCUT2D eigenvalue weighted by Gasteiger charge is -2.21. The van der Waals surface area contributed by atoms with Gasteiger partial charge in [0.2, 0.25) is 5.91 Å². The molecule has 2 aliphatic rings. The second-order valence-corrected chi connectivity index (χ2v) is 8.29. The molecule has 3 atom stereocenters. The molecule has 6 heteroatoms. The Balaban J connectivity index is 1.23. The molecule has 0 radical (unpaired) electrons. The van der Waals surface area contributed by atoms with Crippen molar-refractivity contribution in [3.8, 4) is 0 Å². The van der Waals surface area contributed by atoms with E-state index in [0.717, 1.165) is 34.5 Å². The molecule has 0 aliphatic heterocycles. The highest BCUT2D eigenvalue weighted by Gasteiger charge is 2.42. The van der Waals surface area contributed by atoms with Crippen molar-refractivity contribution in [1.29, 1.82) is 0 Å². The van der Waals surface area contributed by atoms with Gasteiger partial charge in [0.15, 0.2) is 0 Å². The van der Waals surface area contributed by atoms with E-state index in [0.29, 0.717) is 18.0 Å². The summed E-state index contributed by atoms with van der Waals surface area (Å²) in [6.07, 6.45) is 6.43. The normalized spacial score (nSPS) is 22.7. The largest absolute Gasteiger partial charge is 0.348 e. The number of carbonyl (C=O) groups excluding carboxylic acids is 2. The second kappa shape index (κ2) is 7.35. The molecule has 6 nitrogen and oxygen atoms in total. The molecule has 5 rings (SSSR count). The number of H-pyrrole nitrogens is 1. The van der Waals surface area contributed by atoms with E-state index in [2.05, 4.69) is 20.8 Å². The third kappa shape index (κ3) is 3.50. The van der Waals surface area contributed by atoms with Crippen LogP contribution in [0.2, 0.25) is 0 Å². The molecule has 2 amide bonds. The van der Waals surface area contributed by atoms with Crippen LogP contribution in [0, 0.1) is 17.8 Å². The summed E-state index contributed by atoms with van der Waals surface area (Å²) in [4.78, 5) is 25.3. The molecule has 3 N–H and O–H groups in total. The summed E-state index contributed by atoms with van der Waals surface area (Å²) in [6, 6.07) is 13.2. The lowest BCUT2D eigenvalue weighted by molar-refractivity contribution is -0.121. The lowest BCUT2D eigenvalue weighted by Crippen LogP contribution is -2.27. The number of nitrogens with zero attached hydrogens (tertiary/aromatic N) is 1. The molecule has 2 saturated carbocycles. The Kier molecular flexibility index (Phi) is 4.54. The van der Waals surface area contributed by atoms with E-state index in [1.54, 1.807) is 12.3 Å². The highest BCUT2D eigenvalue weighted by molar-refractivity contribution is 6.05. The maximum Gasteiger partial charge on any atom is 0.253 e. The first-order valence-corrected chi connectivity index (χ1v) is 10.3. The maximum absolute atomic E-state index is 12.7. The van der Waals surface area contributed by atoms with Gasteiger partial charge in [-0.25, -0.2) is 0 Å². The van der Waals surface area contributed by atoms with Gasteiger partial charge in [0.1, 0.15) is 0 Å². The minimum absolute atomic E-state index is 0.143. The Morgan fingerprint density at radius 1 is 1.10 bits per heavy atom. The van der Waals surface area contributed by atoms with E-state index >= 15 is 0 Å². The van der Waals surface area contributed by atoms with Gasteiger partial charge in [-0.2, -0.15) is 5.10 Å². The molecule has 0 saturated heterocycles. The zero-order valence-electron chi connectivity index (χ0n) is 16.2. The van der Waals surface area contributed by atoms with E-state index in [9.17, 15) is 9.59 Å². The predicted octanol–water partition coefficient (Wildman–Crippen LogP) is 3.87. The summed E-state index contributed by atoms with van der Waals surface area (Å²) in [7, 11) is 0. The first kappa shape index (κ1) is 17.9. The molecule has 148 valence electrons. The Labute approximate surface area is 169 Å². The quantitative estimate of drug-likeness (QED) is 0.620. The number of aromatic nitrogens is 2. The van der Waals surface area contributed by atoms with Crippen molar-refractivity contribution in [3.63, 3.8) is 0 Å². The fourth-order valence-electron chi connectivity index (χ4n) is 5.00. The second-order valence-electron chi connectivity index (χ2n) is 8.29. The SMILES string of the molecule is O=C(NCc1cccc(NC(=O)C2CC3CCC2C3)c1)c1cccc2cn[nH]c12. The molecule has 2 fully saturated rings. The van der Waals surface area contributed by atoms with Crippen molar-refractivity contribution < 1.29 is 9.59 Å². The molecule has 3 aromatic rings. The number of aromatic amines is 1. The molecule has 2 aliphatic carbocycles. The molecule has 2 bridgehead atoms. The monoisotopic (exact) mass is 388 g/mol. The van der Waals surface area contributed by atoms with Crippen LogP contribution in [0.3, 0.4) is 0 Å². The molecule has 2 aromatic carbocycles. The molecule has 29 heavy (non-hydrogen) atoms. The highest BCUT2D eigenvalue weighted by atomic mass is 16.2. The van der Waals surface area contributed by atoms with Crippen molar-refractivity contribution in [1.82, 2.24) is 15.5 Å². The standard InChI is InChI=1S/C23H24N4O2/c28-22(19-6-2-4-17-13-25-27-21(17)19)24-12-15-3-1-5-18(10-15)26-23(29)20-11-14-7-8-16(20)9-14/h1-6,10,13-14,16,20H,7-9,11-12H2,(H,24,28)(H,25,27)(H,26,29). The number of rotatable bonds is 5. The van der Waals surface area contributed by atoms with Crippen molar-refractivity contribution >= 4 is 28.4 Å². The number of benzene rings is 2. The average Bonchev–Trinajstić information content (AvgIpc) is 3.48. The van der Waals surface area contributed by atoms with Gasteiger partial charge < -0.3 is 10.6 Å². The molecular formula is C23H24N4O2. The van der Waals surface area contributed by atoms with Gasteiger partial charge in [0.25, 0.3) is 5.91 Å². The number of carbonyl (C=O) groups is 2. The summed E-state index contributed by atoms with van der Waals surface area (Å²) in [5, 5.41) is 13.8. The van der Waals surface area contributed by atoms with Gasteiger partial charge in [0, 0.05) is 23.5 Å². The smallest absolute Gasteiger partial charge is 0.253 e. The van der Waals surface area contributed by atoms with Crippen LogP contribution in [0.4, 0.5) is 5.69 Å². The van der Waals surface area contributed by atoms with E-state index in [-0.39, 0.29) is 17.7 Å². The molecule has 0 spiro atoms. The van der Waals surface area contributed by atoms with Crippen LogP contribution < -0.4 is 10.6 Å². The zero-order chi connectivity index (χ0) is 19.8. The minimum atomic E-state index is -0.156. The van der Waals surface area contributed by atoms with Crippen LogP contribution >= 0.6 is 0 Å². The molecule has 1 aromatic heterocycles. The number of hydrogen-bond donors (Lipinski definition) is 3. The van der Waals surface area contributed by atoms with Crippen molar-refractivity contribution in [2.75, 3.05) is 5.32 Å². The van der Waals surface area contributed by atoms with Crippen LogP contribution in [0.15, 0.2) is 48.7 Å². The highest BCUT2D eigenvalue weighted by Crippen LogP contribution is 2.48. The number of anilines is 1. The van der Waals surface area contributed by atoms with E-state index in [1.165, 1.54) is 19.3 Å². The van der Waals surface area contributed by atoms with Crippen molar-refractivity contribution in [3.05, 3.63) is 59.8 Å².